The van der Waals surface area contributed by atoms with Gasteiger partial charge in [0.2, 0.25) is 5.91 Å². The fraction of sp³-hybridized carbons (Fsp3) is 0.485. The Balaban J connectivity index is 1.21. The van der Waals surface area contributed by atoms with Crippen LogP contribution in [0.4, 0.5) is 4.39 Å². The van der Waals surface area contributed by atoms with Gasteiger partial charge in [-0.2, -0.15) is 0 Å². The van der Waals surface area contributed by atoms with Crippen molar-refractivity contribution in [3.63, 3.8) is 0 Å². The predicted molar refractivity (Wildman–Crippen MR) is 164 cm³/mol. The second-order valence-corrected chi connectivity index (χ2v) is 11.4. The minimum atomic E-state index is -0.188. The number of benzene rings is 2. The number of carbonyl (C=O) groups is 1. The summed E-state index contributed by atoms with van der Waals surface area (Å²) in [5, 5.41) is 1.12. The smallest absolute Gasteiger partial charge is 0.246 e. The maximum absolute atomic E-state index is 13.5. The van der Waals surface area contributed by atoms with E-state index in [1.165, 1.54) is 17.3 Å². The van der Waals surface area contributed by atoms with Gasteiger partial charge in [-0.15, -0.1) is 0 Å². The number of aromatic nitrogens is 1. The first-order valence-electron chi connectivity index (χ1n) is 14.9. The first-order chi connectivity index (χ1) is 19.9. The summed E-state index contributed by atoms with van der Waals surface area (Å²) in [6.45, 7) is 12.7. The van der Waals surface area contributed by atoms with Crippen molar-refractivity contribution in [1.29, 1.82) is 0 Å². The molecule has 2 aromatic carbocycles. The van der Waals surface area contributed by atoms with E-state index < -0.39 is 0 Å². The van der Waals surface area contributed by atoms with Gasteiger partial charge >= 0.3 is 0 Å². The molecule has 2 aliphatic rings. The zero-order valence-corrected chi connectivity index (χ0v) is 24.8. The molecular weight excluding hydrogens is 517 g/mol. The molecule has 7 nitrogen and oxygen atoms in total. The molecule has 220 valence electrons. The van der Waals surface area contributed by atoms with Gasteiger partial charge in [0.25, 0.3) is 0 Å². The Hall–Kier alpha value is -3.20. The van der Waals surface area contributed by atoms with Crippen LogP contribution in [0, 0.1) is 12.7 Å². The number of hydrogen-bond donors (Lipinski definition) is 0. The Kier molecular flexibility index (Phi) is 9.75. The normalized spacial score (nSPS) is 17.6. The molecule has 0 saturated carbocycles. The molecule has 1 amide bonds. The van der Waals surface area contributed by atoms with Gasteiger partial charge in [-0.1, -0.05) is 12.1 Å². The van der Waals surface area contributed by atoms with Gasteiger partial charge in [0.15, 0.2) is 0 Å². The Morgan fingerprint density at radius 1 is 0.927 bits per heavy atom. The predicted octanol–water partition coefficient (Wildman–Crippen LogP) is 4.14. The number of ether oxygens (including phenoxy) is 1. The van der Waals surface area contributed by atoms with E-state index in [2.05, 4.69) is 45.4 Å². The summed E-state index contributed by atoms with van der Waals surface area (Å²) in [6, 6.07) is 13.1. The third kappa shape index (κ3) is 7.36. The van der Waals surface area contributed by atoms with Crippen LogP contribution in [0.1, 0.15) is 23.2 Å². The van der Waals surface area contributed by atoms with Gasteiger partial charge in [0.1, 0.15) is 11.6 Å². The zero-order chi connectivity index (χ0) is 28.8. The minimum absolute atomic E-state index is 0.0491. The van der Waals surface area contributed by atoms with Gasteiger partial charge in [0.05, 0.1) is 7.11 Å². The average Bonchev–Trinajstić information content (AvgIpc) is 3.25. The summed E-state index contributed by atoms with van der Waals surface area (Å²) in [6.07, 6.45) is 5.63. The van der Waals surface area contributed by atoms with Crippen molar-refractivity contribution < 1.29 is 13.9 Å². The molecule has 0 atom stereocenters. The molecule has 2 aliphatic heterocycles. The molecule has 0 radical (unpaired) electrons. The number of hydrogen-bond acceptors (Lipinski definition) is 5. The van der Waals surface area contributed by atoms with Gasteiger partial charge < -0.3 is 24.0 Å². The van der Waals surface area contributed by atoms with E-state index in [4.69, 9.17) is 4.74 Å². The average molecular weight is 562 g/mol. The van der Waals surface area contributed by atoms with Crippen LogP contribution in [0.25, 0.3) is 17.0 Å². The van der Waals surface area contributed by atoms with E-state index in [0.29, 0.717) is 13.1 Å². The van der Waals surface area contributed by atoms with Crippen molar-refractivity contribution in [3.05, 3.63) is 71.2 Å². The molecule has 0 spiro atoms. The molecule has 0 unspecified atom stereocenters. The number of amides is 1. The van der Waals surface area contributed by atoms with Crippen LogP contribution < -0.4 is 4.74 Å². The molecular formula is C33H44FN5O2. The van der Waals surface area contributed by atoms with Crippen LogP contribution in [-0.2, 0) is 17.8 Å². The van der Waals surface area contributed by atoms with E-state index in [1.54, 1.807) is 25.3 Å². The lowest BCUT2D eigenvalue weighted by atomic mass is 10.1. The van der Waals surface area contributed by atoms with Crippen molar-refractivity contribution in [2.24, 2.45) is 0 Å². The summed E-state index contributed by atoms with van der Waals surface area (Å²) >= 11 is 0. The third-order valence-electron chi connectivity index (χ3n) is 8.71. The Morgan fingerprint density at radius 3 is 2.39 bits per heavy atom. The highest BCUT2D eigenvalue weighted by atomic mass is 19.1. The van der Waals surface area contributed by atoms with Gasteiger partial charge in [-0.25, -0.2) is 4.39 Å². The number of fused-ring (bicyclic) bond motifs is 1. The lowest BCUT2D eigenvalue weighted by molar-refractivity contribution is -0.127. The minimum Gasteiger partial charge on any atom is -0.497 e. The van der Waals surface area contributed by atoms with E-state index in [9.17, 15) is 9.18 Å². The van der Waals surface area contributed by atoms with Crippen molar-refractivity contribution >= 4 is 22.9 Å². The fourth-order valence-electron chi connectivity index (χ4n) is 6.07. The van der Waals surface area contributed by atoms with E-state index in [-0.39, 0.29) is 11.7 Å². The first kappa shape index (κ1) is 29.3. The first-order valence-corrected chi connectivity index (χ1v) is 14.9. The molecule has 3 heterocycles. The number of carbonyl (C=O) groups excluding carboxylic acids is 1. The molecule has 2 saturated heterocycles. The number of piperazine rings is 2. The quantitative estimate of drug-likeness (QED) is 0.349. The number of aryl methyl sites for hydroxylation is 1. The topological polar surface area (TPSA) is 44.2 Å². The molecule has 2 fully saturated rings. The maximum atomic E-state index is 13.5. The summed E-state index contributed by atoms with van der Waals surface area (Å²) in [7, 11) is 3.88. The van der Waals surface area contributed by atoms with Crippen LogP contribution in [0.3, 0.4) is 0 Å². The van der Waals surface area contributed by atoms with Gasteiger partial charge in [-0.3, -0.25) is 9.69 Å². The number of likely N-dealkylation sites (N-methyl/N-ethyl adjacent to an activating group) is 1. The second kappa shape index (κ2) is 13.6. The van der Waals surface area contributed by atoms with Crippen LogP contribution in [0.15, 0.2) is 48.5 Å². The molecule has 41 heavy (non-hydrogen) atoms. The monoisotopic (exact) mass is 561 g/mol. The second-order valence-electron chi connectivity index (χ2n) is 11.4. The van der Waals surface area contributed by atoms with E-state index in [1.807, 2.05) is 23.1 Å². The van der Waals surface area contributed by atoms with Crippen LogP contribution >= 0.6 is 0 Å². The van der Waals surface area contributed by atoms with Crippen molar-refractivity contribution in [3.8, 4) is 5.75 Å². The lowest BCUT2D eigenvalue weighted by Gasteiger charge is -2.34. The fourth-order valence-corrected chi connectivity index (χ4v) is 6.07. The summed E-state index contributed by atoms with van der Waals surface area (Å²) < 4.78 is 21.4. The summed E-state index contributed by atoms with van der Waals surface area (Å²) in [5.74, 6) is 0.683. The number of nitrogens with zero attached hydrogens (tertiary/aromatic N) is 5. The van der Waals surface area contributed by atoms with Crippen LogP contribution in [-0.4, -0.2) is 110 Å². The molecule has 0 N–H and O–H groups in total. The number of halogens is 1. The van der Waals surface area contributed by atoms with Crippen LogP contribution in [0.2, 0.25) is 0 Å². The molecule has 0 aliphatic carbocycles. The van der Waals surface area contributed by atoms with Crippen LogP contribution in [0.5, 0.6) is 5.75 Å². The number of methoxy groups -OCH3 is 1. The Morgan fingerprint density at radius 2 is 1.66 bits per heavy atom. The maximum Gasteiger partial charge on any atom is 0.246 e. The summed E-state index contributed by atoms with van der Waals surface area (Å²) in [4.78, 5) is 22.4. The third-order valence-corrected chi connectivity index (χ3v) is 8.71. The number of rotatable bonds is 10. The van der Waals surface area contributed by atoms with Crippen molar-refractivity contribution in [2.45, 2.75) is 26.3 Å². The standard InChI is InChI=1S/C33H44FN5O2/c1-26-30(9-11-33(40)38-22-20-37(21-23-38)15-12-27-6-4-7-28(34)24-27)31-25-29(41-3)8-10-32(31)39(26)14-5-13-36-18-16-35(2)17-19-36/h4,6-11,24-25H,5,12-23H2,1-3H3/b11-9+. The molecule has 5 rings (SSSR count). The largest absolute Gasteiger partial charge is 0.497 e. The molecule has 8 heteroatoms. The SMILES string of the molecule is COc1ccc2c(c1)c(/C=C/C(=O)N1CCN(CCc3cccc(F)c3)CC1)c(C)n2CCCN1CCN(C)CC1. The van der Waals surface area contributed by atoms with E-state index in [0.717, 1.165) is 94.0 Å². The van der Waals surface area contributed by atoms with Gasteiger partial charge in [-0.05, 0) is 75.3 Å². The molecule has 3 aromatic rings. The molecule has 0 bridgehead atoms. The Labute approximate surface area is 243 Å². The summed E-state index contributed by atoms with van der Waals surface area (Å²) in [5.41, 5.74) is 4.45. The Bertz CT molecular complexity index is 1350. The van der Waals surface area contributed by atoms with Crippen molar-refractivity contribution in [1.82, 2.24) is 24.2 Å². The van der Waals surface area contributed by atoms with E-state index >= 15 is 0 Å². The van der Waals surface area contributed by atoms with Gasteiger partial charge in [0, 0.05) is 93.7 Å². The highest BCUT2D eigenvalue weighted by Gasteiger charge is 2.20. The lowest BCUT2D eigenvalue weighted by Crippen LogP contribution is -2.48. The highest BCUT2D eigenvalue weighted by Crippen LogP contribution is 2.31. The zero-order valence-electron chi connectivity index (χ0n) is 24.8. The highest BCUT2D eigenvalue weighted by molar-refractivity contribution is 5.98. The van der Waals surface area contributed by atoms with Crippen molar-refractivity contribution in [2.75, 3.05) is 79.6 Å². The molecule has 1 aromatic heterocycles.